The standard InChI is InChI=1S/C11H12FN3O2/c12-8-2-1-3-9(14-8)15-11(17)7-4-5-10(16)13-6-7/h1-3,7H,4-6H2,(H,13,16)(H,14,15,17). The summed E-state index contributed by atoms with van der Waals surface area (Å²) in [7, 11) is 0. The second-order valence-electron chi connectivity index (χ2n) is 3.87. The van der Waals surface area contributed by atoms with Gasteiger partial charge in [0.2, 0.25) is 17.8 Å². The number of amides is 2. The minimum atomic E-state index is -0.639. The normalized spacial score (nSPS) is 19.6. The third-order valence-electron chi connectivity index (χ3n) is 2.60. The van der Waals surface area contributed by atoms with Gasteiger partial charge < -0.3 is 10.6 Å². The molecule has 2 amide bonds. The third kappa shape index (κ3) is 2.99. The van der Waals surface area contributed by atoms with Crippen LogP contribution in [0.15, 0.2) is 18.2 Å². The van der Waals surface area contributed by atoms with E-state index in [2.05, 4.69) is 15.6 Å². The van der Waals surface area contributed by atoms with Gasteiger partial charge in [0.25, 0.3) is 0 Å². The number of hydrogen-bond acceptors (Lipinski definition) is 3. The minimum absolute atomic E-state index is 0.0436. The summed E-state index contributed by atoms with van der Waals surface area (Å²) in [6.07, 6.45) is 0.849. The first-order valence-electron chi connectivity index (χ1n) is 5.35. The monoisotopic (exact) mass is 237 g/mol. The third-order valence-corrected chi connectivity index (χ3v) is 2.60. The lowest BCUT2D eigenvalue weighted by molar-refractivity contribution is -0.126. The van der Waals surface area contributed by atoms with Crippen LogP contribution >= 0.6 is 0 Å². The molecule has 0 aliphatic carbocycles. The highest BCUT2D eigenvalue weighted by Crippen LogP contribution is 2.13. The largest absolute Gasteiger partial charge is 0.355 e. The van der Waals surface area contributed by atoms with E-state index in [0.29, 0.717) is 19.4 Å². The quantitative estimate of drug-likeness (QED) is 0.743. The number of piperidine rings is 1. The van der Waals surface area contributed by atoms with Crippen molar-refractivity contribution < 1.29 is 14.0 Å². The molecular formula is C11H12FN3O2. The Morgan fingerprint density at radius 1 is 1.53 bits per heavy atom. The van der Waals surface area contributed by atoms with E-state index in [-0.39, 0.29) is 23.6 Å². The molecule has 1 atom stereocenters. The van der Waals surface area contributed by atoms with Crippen LogP contribution in [-0.2, 0) is 9.59 Å². The molecule has 90 valence electrons. The lowest BCUT2D eigenvalue weighted by atomic mass is 9.98. The number of anilines is 1. The Kier molecular flexibility index (Phi) is 3.32. The number of hydrogen-bond donors (Lipinski definition) is 2. The molecule has 17 heavy (non-hydrogen) atoms. The predicted molar refractivity (Wildman–Crippen MR) is 58.6 cm³/mol. The fraction of sp³-hybridized carbons (Fsp3) is 0.364. The lowest BCUT2D eigenvalue weighted by Gasteiger charge is -2.21. The van der Waals surface area contributed by atoms with Gasteiger partial charge in [0.1, 0.15) is 5.82 Å². The molecule has 1 aliphatic heterocycles. The molecule has 1 aliphatic rings. The minimum Gasteiger partial charge on any atom is -0.355 e. The molecule has 0 radical (unpaired) electrons. The summed E-state index contributed by atoms with van der Waals surface area (Å²) in [5.74, 6) is -1.02. The molecular weight excluding hydrogens is 225 g/mol. The van der Waals surface area contributed by atoms with E-state index >= 15 is 0 Å². The van der Waals surface area contributed by atoms with E-state index in [0.717, 1.165) is 0 Å². The number of nitrogens with one attached hydrogen (secondary N) is 2. The van der Waals surface area contributed by atoms with Crippen molar-refractivity contribution in [2.75, 3.05) is 11.9 Å². The summed E-state index contributed by atoms with van der Waals surface area (Å²) in [6.45, 7) is 0.319. The van der Waals surface area contributed by atoms with Gasteiger partial charge in [-0.05, 0) is 18.6 Å². The topological polar surface area (TPSA) is 71.1 Å². The zero-order valence-corrected chi connectivity index (χ0v) is 9.07. The first kappa shape index (κ1) is 11.5. The van der Waals surface area contributed by atoms with Crippen LogP contribution in [0.3, 0.4) is 0 Å². The van der Waals surface area contributed by atoms with Crippen molar-refractivity contribution in [1.82, 2.24) is 10.3 Å². The molecule has 0 bridgehead atoms. The number of pyridine rings is 1. The van der Waals surface area contributed by atoms with Gasteiger partial charge in [0.15, 0.2) is 0 Å². The highest BCUT2D eigenvalue weighted by molar-refractivity contribution is 5.93. The first-order valence-corrected chi connectivity index (χ1v) is 5.35. The molecule has 0 aromatic carbocycles. The van der Waals surface area contributed by atoms with Crippen molar-refractivity contribution in [3.8, 4) is 0 Å². The summed E-state index contributed by atoms with van der Waals surface area (Å²) < 4.78 is 12.8. The lowest BCUT2D eigenvalue weighted by Crippen LogP contribution is -2.40. The van der Waals surface area contributed by atoms with Crippen molar-refractivity contribution in [2.45, 2.75) is 12.8 Å². The molecule has 1 aromatic rings. The zero-order valence-electron chi connectivity index (χ0n) is 9.07. The summed E-state index contributed by atoms with van der Waals surface area (Å²) in [5, 5.41) is 5.14. The van der Waals surface area contributed by atoms with Crippen molar-refractivity contribution in [3.05, 3.63) is 24.1 Å². The van der Waals surface area contributed by atoms with E-state index in [4.69, 9.17) is 0 Å². The maximum Gasteiger partial charge on any atom is 0.230 e. The summed E-state index contributed by atoms with van der Waals surface area (Å²) in [6, 6.07) is 4.19. The smallest absolute Gasteiger partial charge is 0.230 e. The number of carbonyl (C=O) groups excluding carboxylic acids is 2. The van der Waals surface area contributed by atoms with Crippen LogP contribution in [0.1, 0.15) is 12.8 Å². The number of halogens is 1. The Hall–Kier alpha value is -1.98. The van der Waals surface area contributed by atoms with Crippen molar-refractivity contribution in [3.63, 3.8) is 0 Å². The Labute approximate surface area is 97.4 Å². The van der Waals surface area contributed by atoms with E-state index in [1.807, 2.05) is 0 Å². The molecule has 0 spiro atoms. The SMILES string of the molecule is O=C1CCC(C(=O)Nc2cccc(F)n2)CN1. The van der Waals surface area contributed by atoms with Gasteiger partial charge in [-0.3, -0.25) is 9.59 Å². The van der Waals surface area contributed by atoms with Crippen LogP contribution in [0.25, 0.3) is 0 Å². The Balaban J connectivity index is 1.95. The van der Waals surface area contributed by atoms with E-state index in [1.54, 1.807) is 0 Å². The molecule has 1 unspecified atom stereocenters. The number of aromatic nitrogens is 1. The molecule has 2 heterocycles. The molecule has 1 aromatic heterocycles. The number of carbonyl (C=O) groups is 2. The maximum atomic E-state index is 12.8. The van der Waals surface area contributed by atoms with Crippen LogP contribution in [0.5, 0.6) is 0 Å². The first-order chi connectivity index (χ1) is 8.15. The summed E-state index contributed by atoms with van der Waals surface area (Å²) in [4.78, 5) is 26.2. The van der Waals surface area contributed by atoms with Gasteiger partial charge in [-0.1, -0.05) is 6.07 Å². The van der Waals surface area contributed by atoms with Crippen molar-refractivity contribution >= 4 is 17.6 Å². The Morgan fingerprint density at radius 3 is 3.00 bits per heavy atom. The van der Waals surface area contributed by atoms with Gasteiger partial charge in [-0.2, -0.15) is 4.39 Å². The van der Waals surface area contributed by atoms with Gasteiger partial charge in [-0.15, -0.1) is 0 Å². The van der Waals surface area contributed by atoms with Crippen LogP contribution in [0, 0.1) is 11.9 Å². The van der Waals surface area contributed by atoms with E-state index in [9.17, 15) is 14.0 Å². The fourth-order valence-electron chi connectivity index (χ4n) is 1.66. The Morgan fingerprint density at radius 2 is 2.35 bits per heavy atom. The molecule has 0 saturated carbocycles. The van der Waals surface area contributed by atoms with E-state index in [1.165, 1.54) is 18.2 Å². The molecule has 5 nitrogen and oxygen atoms in total. The fourth-order valence-corrected chi connectivity index (χ4v) is 1.66. The predicted octanol–water partition coefficient (Wildman–Crippen LogP) is 0.685. The second kappa shape index (κ2) is 4.90. The molecule has 1 saturated heterocycles. The average Bonchev–Trinajstić information content (AvgIpc) is 2.29. The summed E-state index contributed by atoms with van der Waals surface area (Å²) >= 11 is 0. The number of nitrogens with zero attached hydrogens (tertiary/aromatic N) is 1. The maximum absolute atomic E-state index is 12.8. The van der Waals surface area contributed by atoms with Gasteiger partial charge in [0.05, 0.1) is 5.92 Å². The summed E-state index contributed by atoms with van der Waals surface area (Å²) in [5.41, 5.74) is 0. The molecule has 2 rings (SSSR count). The number of rotatable bonds is 2. The van der Waals surface area contributed by atoms with Crippen molar-refractivity contribution in [2.24, 2.45) is 5.92 Å². The van der Waals surface area contributed by atoms with Crippen LogP contribution in [0.4, 0.5) is 10.2 Å². The van der Waals surface area contributed by atoms with Gasteiger partial charge in [-0.25, -0.2) is 4.98 Å². The van der Waals surface area contributed by atoms with Crippen LogP contribution < -0.4 is 10.6 Å². The van der Waals surface area contributed by atoms with Crippen LogP contribution in [0.2, 0.25) is 0 Å². The second-order valence-corrected chi connectivity index (χ2v) is 3.87. The van der Waals surface area contributed by atoms with Crippen molar-refractivity contribution in [1.29, 1.82) is 0 Å². The molecule has 2 N–H and O–H groups in total. The Bertz CT molecular complexity index is 440. The highest BCUT2D eigenvalue weighted by atomic mass is 19.1. The molecule has 6 heteroatoms. The average molecular weight is 237 g/mol. The van der Waals surface area contributed by atoms with Gasteiger partial charge in [0, 0.05) is 13.0 Å². The van der Waals surface area contributed by atoms with Gasteiger partial charge >= 0.3 is 0 Å². The highest BCUT2D eigenvalue weighted by Gasteiger charge is 2.24. The van der Waals surface area contributed by atoms with Crippen LogP contribution in [-0.4, -0.2) is 23.3 Å². The molecule has 1 fully saturated rings. The van der Waals surface area contributed by atoms with E-state index < -0.39 is 5.95 Å². The zero-order chi connectivity index (χ0) is 12.3.